The molecule has 0 spiro atoms. The molecule has 0 aliphatic carbocycles. The first-order valence-electron chi connectivity index (χ1n) is 31.5. The average Bonchev–Trinajstić information content (AvgIpc) is 1.63. The van der Waals surface area contributed by atoms with Gasteiger partial charge >= 0.3 is 31.6 Å². The number of hydrogen-bond donors (Lipinski definition) is 5. The molecule has 3 aromatic rings. The zero-order chi connectivity index (χ0) is 71.4. The Balaban J connectivity index is 0.000000301. The number of hydrogen-bond acceptors (Lipinski definition) is 25. The predicted octanol–water partition coefficient (Wildman–Crippen LogP) is 8.01. The van der Waals surface area contributed by atoms with Gasteiger partial charge in [-0.25, -0.2) is 18.9 Å². The van der Waals surface area contributed by atoms with Crippen LogP contribution in [0.2, 0.25) is 0 Å². The van der Waals surface area contributed by atoms with Crippen LogP contribution in [0.15, 0.2) is 33.0 Å². The molecule has 29 nitrogen and oxygen atoms in total. The second kappa shape index (κ2) is 34.4. The van der Waals surface area contributed by atoms with E-state index in [9.17, 15) is 28.7 Å². The fourth-order valence-electron chi connectivity index (χ4n) is 10.5. The molecule has 6 rings (SSSR count). The van der Waals surface area contributed by atoms with E-state index in [0.717, 1.165) is 6.42 Å². The van der Waals surface area contributed by atoms with Crippen LogP contribution in [0.25, 0.3) is 0 Å². The van der Waals surface area contributed by atoms with Crippen molar-refractivity contribution in [2.75, 3.05) is 78.2 Å². The minimum Gasteiger partial charge on any atom is -0.383 e. The number of methoxy groups -OCH3 is 3. The summed E-state index contributed by atoms with van der Waals surface area (Å²) >= 11 is 5.25. The maximum atomic E-state index is 12.9. The summed E-state index contributed by atoms with van der Waals surface area (Å²) < 4.78 is 98.2. The van der Waals surface area contributed by atoms with Crippen molar-refractivity contribution in [3.8, 4) is 0 Å². The summed E-state index contributed by atoms with van der Waals surface area (Å²) in [5.74, 6) is 0.481. The fourth-order valence-corrected chi connectivity index (χ4v) is 13.7. The highest BCUT2D eigenvalue weighted by molar-refractivity contribution is 8.07. The van der Waals surface area contributed by atoms with Crippen LogP contribution in [0, 0.1) is 37.0 Å². The van der Waals surface area contributed by atoms with E-state index in [1.807, 2.05) is 48.5 Å². The van der Waals surface area contributed by atoms with E-state index >= 15 is 0 Å². The van der Waals surface area contributed by atoms with Gasteiger partial charge in [-0.3, -0.25) is 27.3 Å². The Labute approximate surface area is 559 Å². The van der Waals surface area contributed by atoms with Crippen molar-refractivity contribution in [3.05, 3.63) is 66.7 Å². The molecule has 3 aliphatic rings. The third kappa shape index (κ3) is 26.2. The van der Waals surface area contributed by atoms with E-state index in [-0.39, 0.29) is 71.8 Å². The van der Waals surface area contributed by atoms with Crippen molar-refractivity contribution in [3.63, 3.8) is 0 Å². The molecular weight excluding hydrogens is 1280 g/mol. The molecule has 3 fully saturated rings. The normalized spacial score (nSPS) is 25.8. The van der Waals surface area contributed by atoms with Crippen LogP contribution in [0.3, 0.4) is 0 Å². The second-order valence-corrected chi connectivity index (χ2v) is 33.7. The molecule has 3 saturated heterocycles. The molecule has 14 atom stereocenters. The van der Waals surface area contributed by atoms with E-state index in [0.29, 0.717) is 49.4 Å². The highest BCUT2D eigenvalue weighted by Gasteiger charge is 2.54. The lowest BCUT2D eigenvalue weighted by Gasteiger charge is -2.33. The zero-order valence-electron chi connectivity index (χ0n) is 59.6. The number of nitrogens with two attached hydrogens (primary N) is 3. The van der Waals surface area contributed by atoms with Gasteiger partial charge in [0.15, 0.2) is 18.7 Å². The van der Waals surface area contributed by atoms with Crippen molar-refractivity contribution in [2.45, 2.75) is 249 Å². The molecule has 0 radical (unpaired) electrons. The largest absolute Gasteiger partial charge is 0.473 e. The summed E-state index contributed by atoms with van der Waals surface area (Å²) in [5, 5.41) is 0. The number of phosphoric ester groups is 1. The van der Waals surface area contributed by atoms with E-state index in [1.54, 1.807) is 75.1 Å². The highest BCUT2D eigenvalue weighted by atomic mass is 32.5. The molecule has 6 heterocycles. The van der Waals surface area contributed by atoms with Crippen LogP contribution >= 0.6 is 14.5 Å². The van der Waals surface area contributed by atoms with Gasteiger partial charge in [0.1, 0.15) is 54.1 Å². The first-order chi connectivity index (χ1) is 43.1. The number of rotatable bonds is 26. The van der Waals surface area contributed by atoms with E-state index < -0.39 is 104 Å². The zero-order valence-corrected chi connectivity index (χ0v) is 62.2. The van der Waals surface area contributed by atoms with Crippen molar-refractivity contribution in [2.24, 2.45) is 16.2 Å². The molecule has 540 valence electrons. The molecule has 3 aliphatic heterocycles. The molecule has 0 aromatic carbocycles. The number of phosphoric acid groups is 1. The quantitative estimate of drug-likeness (QED) is 0.0375. The lowest BCUT2D eigenvalue weighted by atomic mass is 9.87. The van der Waals surface area contributed by atoms with Crippen LogP contribution in [-0.2, 0) is 81.8 Å². The van der Waals surface area contributed by atoms with Gasteiger partial charge in [0.05, 0.1) is 75.3 Å². The van der Waals surface area contributed by atoms with Gasteiger partial charge in [-0.05, 0) is 123 Å². The summed E-state index contributed by atoms with van der Waals surface area (Å²) in [6.45, 7) is 36.5. The van der Waals surface area contributed by atoms with Gasteiger partial charge in [0.2, 0.25) is 0 Å². The number of aromatic nitrogens is 6. The maximum Gasteiger partial charge on any atom is 0.473 e. The fraction of sp³-hybridized carbons (Fsp3) is 0.806. The molecule has 8 N–H and O–H groups in total. The Morgan fingerprint density at radius 1 is 0.511 bits per heavy atom. The Bertz CT molecular complexity index is 3180. The standard InChI is InChI=1S/C21H38N3O8P.C21H37N3O5.C20H36N3O7PS/c1-13-12-24(19(25)23-17(13)22)18-16(29-10-9-28-8)15(14(30-18)11-20(2,3)4)31-33(26,27)32-21(5,6)7;1-13-12-24(19(25)23-17(13)22)18-16(27-10-9-26-8)15(29-21(5,6)7)14(28-18)11-20(2,3)4;1-12(2)29-31(25,32)30-15-14(10-20(4,5)6)28-18(16(15)27-9-8-26-7)23-11-13(3)17(21)22-19(23)24/h12,14-16,18H,9-11H2,1-8H3,(H,26,27)(H2,22,23,25);12,14-16,18H,9-11H2,1-8H3,(H2,22,23,25);11-12,14-16,18H,8-10H2,1-7H3,(H,25,32)(H2,21,22,24)/t2*14-,15+,16?,18-;14-,15+,16?,18-,31?/m111/s1. The summed E-state index contributed by atoms with van der Waals surface area (Å²) in [5.41, 5.74) is 15.9. The number of aryl methyl sites for hydroxylation is 3. The Morgan fingerprint density at radius 3 is 1.09 bits per heavy atom. The van der Waals surface area contributed by atoms with E-state index in [2.05, 4.69) is 56.5 Å². The van der Waals surface area contributed by atoms with Crippen molar-refractivity contribution < 1.29 is 79.8 Å². The summed E-state index contributed by atoms with van der Waals surface area (Å²) in [6, 6.07) is 0. The minimum absolute atomic E-state index is 0.0103. The third-order valence-electron chi connectivity index (χ3n) is 14.2. The van der Waals surface area contributed by atoms with Crippen LogP contribution < -0.4 is 34.3 Å². The molecule has 5 unspecified atom stereocenters. The summed E-state index contributed by atoms with van der Waals surface area (Å²) in [4.78, 5) is 70.8. The van der Waals surface area contributed by atoms with E-state index in [1.165, 1.54) is 27.0 Å². The van der Waals surface area contributed by atoms with Gasteiger partial charge in [-0.15, -0.1) is 0 Å². The monoisotopic (exact) mass is 1400 g/mol. The molecule has 0 saturated carbocycles. The minimum atomic E-state index is -4.50. The molecular formula is C62H111N9O20P2S. The van der Waals surface area contributed by atoms with Crippen LogP contribution in [-0.4, -0.2) is 172 Å². The lowest BCUT2D eigenvalue weighted by molar-refractivity contribution is -0.134. The molecule has 0 bridgehead atoms. The number of nitrogens with zero attached hydrogens (tertiary/aromatic N) is 6. The molecule has 3 aromatic heterocycles. The lowest BCUT2D eigenvalue weighted by Crippen LogP contribution is -2.44. The predicted molar refractivity (Wildman–Crippen MR) is 359 cm³/mol. The first kappa shape index (κ1) is 82.7. The van der Waals surface area contributed by atoms with Crippen molar-refractivity contribution >= 4 is 43.8 Å². The first-order valence-corrected chi connectivity index (χ1v) is 35.6. The summed E-state index contributed by atoms with van der Waals surface area (Å²) in [6.07, 6.45) is -2.00. The van der Waals surface area contributed by atoms with Gasteiger partial charge in [-0.1, -0.05) is 62.3 Å². The van der Waals surface area contributed by atoms with Crippen molar-refractivity contribution in [1.82, 2.24) is 28.7 Å². The maximum absolute atomic E-state index is 12.9. The Hall–Kier alpha value is -3.72. The number of ether oxygens (including phenoxy) is 10. The average molecular weight is 1400 g/mol. The second-order valence-electron chi connectivity index (χ2n) is 29.6. The SMILES string of the molecule is COCCOC1[C@@H](OC(C)(C)C)[C@@H](CC(C)(C)C)O[C@H]1n1cc(C)c(N)nc1=O.COCCOC1[C@@H](OP(=O)(O)OC(C)(C)C)[C@@H](CC(C)(C)C)O[C@H]1n1cc(C)c(N)nc1=O.COCCOC1[C@@H](OP(O)(=S)OC(C)C)[C@@H](CC(C)(C)C)O[C@H]1n1cc(C)c(N)nc1=O. The highest BCUT2D eigenvalue weighted by Crippen LogP contribution is 2.54. The van der Waals surface area contributed by atoms with Gasteiger partial charge in [-0.2, -0.15) is 15.0 Å². The third-order valence-corrected chi connectivity index (χ3v) is 17.2. The topological polar surface area (TPSA) is 369 Å². The van der Waals surface area contributed by atoms with Crippen molar-refractivity contribution in [1.29, 1.82) is 0 Å². The smallest absolute Gasteiger partial charge is 0.383 e. The van der Waals surface area contributed by atoms with Gasteiger partial charge < -0.3 is 78.9 Å². The summed E-state index contributed by atoms with van der Waals surface area (Å²) in [7, 11) is 0.203. The van der Waals surface area contributed by atoms with Crippen LogP contribution in [0.1, 0.15) is 172 Å². The van der Waals surface area contributed by atoms with Gasteiger partial charge in [0.25, 0.3) is 0 Å². The number of nitrogen functional groups attached to an aromatic ring is 3. The molecule has 0 amide bonds. The van der Waals surface area contributed by atoms with E-state index in [4.69, 9.17) is 94.5 Å². The van der Waals surface area contributed by atoms with Crippen LogP contribution in [0.5, 0.6) is 0 Å². The molecule has 94 heavy (non-hydrogen) atoms. The van der Waals surface area contributed by atoms with Gasteiger partial charge in [0, 0.05) is 56.6 Å². The Morgan fingerprint density at radius 2 is 0.809 bits per heavy atom. The van der Waals surface area contributed by atoms with Crippen LogP contribution in [0.4, 0.5) is 17.5 Å². The number of anilines is 3. The Kier molecular flexibility index (Phi) is 30.2. The molecule has 32 heteroatoms.